The van der Waals surface area contributed by atoms with E-state index in [2.05, 4.69) is 5.32 Å². The van der Waals surface area contributed by atoms with Crippen LogP contribution in [-0.4, -0.2) is 41.1 Å². The highest BCUT2D eigenvalue weighted by atomic mass is 32.1. The van der Waals surface area contributed by atoms with Crippen molar-refractivity contribution in [3.63, 3.8) is 0 Å². The van der Waals surface area contributed by atoms with E-state index in [9.17, 15) is 5.11 Å². The quantitative estimate of drug-likeness (QED) is 0.801. The second-order valence-electron chi connectivity index (χ2n) is 5.09. The Labute approximate surface area is 123 Å². The summed E-state index contributed by atoms with van der Waals surface area (Å²) in [5.74, 6) is 1.57. The molecule has 0 bridgehead atoms. The summed E-state index contributed by atoms with van der Waals surface area (Å²) in [5.41, 5.74) is 1.09. The Morgan fingerprint density at radius 1 is 1.40 bits per heavy atom. The minimum Gasteiger partial charge on any atom is -0.454 e. The van der Waals surface area contributed by atoms with Gasteiger partial charge in [-0.25, -0.2) is 0 Å². The van der Waals surface area contributed by atoms with Crippen molar-refractivity contribution in [3.05, 3.63) is 23.8 Å². The predicted octanol–water partition coefficient (Wildman–Crippen LogP) is 1.25. The number of hydrogen-bond donors (Lipinski definition) is 2. The Morgan fingerprint density at radius 3 is 3.10 bits per heavy atom. The molecule has 0 aromatic heterocycles. The molecule has 0 radical (unpaired) electrons. The molecule has 0 spiro atoms. The van der Waals surface area contributed by atoms with Gasteiger partial charge in [0.05, 0.1) is 6.10 Å². The largest absolute Gasteiger partial charge is 0.454 e. The molecule has 2 aliphatic rings. The fraction of sp³-hybridized carbons (Fsp3) is 0.500. The van der Waals surface area contributed by atoms with Crippen molar-refractivity contribution in [3.8, 4) is 11.5 Å². The molecule has 2 N–H and O–H groups in total. The molecular weight excluding hydrogens is 276 g/mol. The second kappa shape index (κ2) is 5.85. The number of benzene rings is 1. The number of aliphatic hydroxyl groups is 1. The molecule has 0 saturated carbocycles. The van der Waals surface area contributed by atoms with Gasteiger partial charge in [0, 0.05) is 19.6 Å². The number of thiocarbonyl (C=S) groups is 1. The molecule has 0 amide bonds. The van der Waals surface area contributed by atoms with Crippen LogP contribution in [0.5, 0.6) is 11.5 Å². The summed E-state index contributed by atoms with van der Waals surface area (Å²) in [6.07, 6.45) is 1.57. The Morgan fingerprint density at radius 2 is 2.25 bits per heavy atom. The van der Waals surface area contributed by atoms with E-state index >= 15 is 0 Å². The van der Waals surface area contributed by atoms with Crippen molar-refractivity contribution >= 4 is 17.3 Å². The number of ether oxygens (including phenoxy) is 2. The van der Waals surface area contributed by atoms with Crippen molar-refractivity contribution in [2.45, 2.75) is 25.5 Å². The van der Waals surface area contributed by atoms with E-state index in [4.69, 9.17) is 21.7 Å². The molecule has 1 aromatic rings. The summed E-state index contributed by atoms with van der Waals surface area (Å²) in [6.45, 7) is 2.45. The minimum atomic E-state index is -0.269. The number of aliphatic hydroxyl groups excluding tert-OH is 1. The zero-order valence-electron chi connectivity index (χ0n) is 11.2. The van der Waals surface area contributed by atoms with E-state index < -0.39 is 0 Å². The summed E-state index contributed by atoms with van der Waals surface area (Å²) in [7, 11) is 0. The van der Waals surface area contributed by atoms with Gasteiger partial charge in [0.15, 0.2) is 16.6 Å². The molecule has 3 rings (SSSR count). The summed E-state index contributed by atoms with van der Waals surface area (Å²) in [6, 6.07) is 5.87. The Bertz CT molecular complexity index is 509. The number of likely N-dealkylation sites (tertiary alicyclic amines) is 1. The molecule has 5 nitrogen and oxygen atoms in total. The molecule has 1 fully saturated rings. The number of β-amino-alcohol motifs (C(OH)–C–C–N with tert-alkyl or cyclic N) is 1. The molecule has 1 saturated heterocycles. The van der Waals surface area contributed by atoms with Gasteiger partial charge in [-0.05, 0) is 42.8 Å². The Hall–Kier alpha value is -1.53. The van der Waals surface area contributed by atoms with Crippen LogP contribution >= 0.6 is 12.2 Å². The molecule has 0 aliphatic carbocycles. The van der Waals surface area contributed by atoms with Crippen LogP contribution in [0.1, 0.15) is 18.4 Å². The van der Waals surface area contributed by atoms with Crippen LogP contribution in [0.15, 0.2) is 18.2 Å². The smallest absolute Gasteiger partial charge is 0.231 e. The maximum Gasteiger partial charge on any atom is 0.231 e. The average Bonchev–Trinajstić information content (AvgIpc) is 2.92. The van der Waals surface area contributed by atoms with Gasteiger partial charge in [-0.15, -0.1) is 0 Å². The predicted molar refractivity (Wildman–Crippen MR) is 78.8 cm³/mol. The number of rotatable bonds is 2. The van der Waals surface area contributed by atoms with Crippen LogP contribution in [0.4, 0.5) is 0 Å². The molecular formula is C14H18N2O3S. The lowest BCUT2D eigenvalue weighted by Gasteiger charge is -2.32. The maximum absolute atomic E-state index is 9.66. The molecule has 108 valence electrons. The van der Waals surface area contributed by atoms with Crippen LogP contribution in [0.3, 0.4) is 0 Å². The van der Waals surface area contributed by atoms with Crippen molar-refractivity contribution < 1.29 is 14.6 Å². The summed E-state index contributed by atoms with van der Waals surface area (Å²) in [4.78, 5) is 2.02. The highest BCUT2D eigenvalue weighted by molar-refractivity contribution is 7.80. The molecule has 2 aliphatic heterocycles. The van der Waals surface area contributed by atoms with E-state index in [1.165, 1.54) is 0 Å². The van der Waals surface area contributed by atoms with Crippen LogP contribution < -0.4 is 14.8 Å². The van der Waals surface area contributed by atoms with Crippen LogP contribution in [0, 0.1) is 0 Å². The summed E-state index contributed by atoms with van der Waals surface area (Å²) in [5, 5.41) is 13.6. The van der Waals surface area contributed by atoms with E-state index in [-0.39, 0.29) is 12.9 Å². The normalized spacial score (nSPS) is 20.9. The Balaban J connectivity index is 1.55. The van der Waals surface area contributed by atoms with Crippen molar-refractivity contribution in [1.29, 1.82) is 0 Å². The lowest BCUT2D eigenvalue weighted by atomic mass is 10.1. The standard InChI is InChI=1S/C14H18N2O3S/c17-11-2-1-5-16(8-11)14(20)15-7-10-3-4-12-13(6-10)19-9-18-12/h3-4,6,11,17H,1-2,5,7-9H2,(H,15,20)/t11-/m1/s1. The third-order valence-electron chi connectivity index (χ3n) is 3.56. The second-order valence-corrected chi connectivity index (χ2v) is 5.48. The first-order chi connectivity index (χ1) is 9.72. The molecule has 2 heterocycles. The molecule has 0 unspecified atom stereocenters. The highest BCUT2D eigenvalue weighted by Crippen LogP contribution is 2.32. The fourth-order valence-electron chi connectivity index (χ4n) is 2.48. The van der Waals surface area contributed by atoms with Gasteiger partial charge in [0.1, 0.15) is 0 Å². The first-order valence-corrected chi connectivity index (χ1v) is 7.22. The summed E-state index contributed by atoms with van der Waals surface area (Å²) >= 11 is 5.37. The first-order valence-electron chi connectivity index (χ1n) is 6.82. The van der Waals surface area contributed by atoms with Crippen LogP contribution in [0.25, 0.3) is 0 Å². The van der Waals surface area contributed by atoms with Gasteiger partial charge < -0.3 is 24.8 Å². The Kier molecular flexibility index (Phi) is 3.93. The zero-order valence-corrected chi connectivity index (χ0v) is 12.0. The lowest BCUT2D eigenvalue weighted by Crippen LogP contribution is -2.46. The number of nitrogens with one attached hydrogen (secondary N) is 1. The number of fused-ring (bicyclic) bond motifs is 1. The van der Waals surface area contributed by atoms with Crippen molar-refractivity contribution in [2.75, 3.05) is 19.9 Å². The van der Waals surface area contributed by atoms with Gasteiger partial charge in [-0.2, -0.15) is 0 Å². The van der Waals surface area contributed by atoms with Gasteiger partial charge in [0.2, 0.25) is 6.79 Å². The maximum atomic E-state index is 9.66. The number of nitrogens with zero attached hydrogens (tertiary/aromatic N) is 1. The van der Waals surface area contributed by atoms with E-state index in [1.807, 2.05) is 23.1 Å². The average molecular weight is 294 g/mol. The molecule has 1 aromatic carbocycles. The summed E-state index contributed by atoms with van der Waals surface area (Å²) < 4.78 is 10.6. The highest BCUT2D eigenvalue weighted by Gasteiger charge is 2.19. The molecule has 1 atom stereocenters. The monoisotopic (exact) mass is 294 g/mol. The van der Waals surface area contributed by atoms with Gasteiger partial charge in [0.25, 0.3) is 0 Å². The molecule has 6 heteroatoms. The van der Waals surface area contributed by atoms with Crippen LogP contribution in [0.2, 0.25) is 0 Å². The number of hydrogen-bond acceptors (Lipinski definition) is 4. The third kappa shape index (κ3) is 2.96. The van der Waals surface area contributed by atoms with Crippen molar-refractivity contribution in [2.24, 2.45) is 0 Å². The molecule has 20 heavy (non-hydrogen) atoms. The first kappa shape index (κ1) is 13.5. The fourth-order valence-corrected chi connectivity index (χ4v) is 2.72. The lowest BCUT2D eigenvalue weighted by molar-refractivity contribution is 0.103. The SMILES string of the molecule is O[C@@H]1CCCN(C(=S)NCc2ccc3c(c2)OCO3)C1. The van der Waals surface area contributed by atoms with Crippen LogP contribution in [-0.2, 0) is 6.54 Å². The van der Waals surface area contributed by atoms with E-state index in [1.54, 1.807) is 0 Å². The van der Waals surface area contributed by atoms with Gasteiger partial charge in [-0.3, -0.25) is 0 Å². The van der Waals surface area contributed by atoms with Crippen molar-refractivity contribution in [1.82, 2.24) is 10.2 Å². The van der Waals surface area contributed by atoms with E-state index in [0.29, 0.717) is 18.2 Å². The minimum absolute atomic E-state index is 0.269. The van der Waals surface area contributed by atoms with Gasteiger partial charge >= 0.3 is 0 Å². The van der Waals surface area contributed by atoms with Gasteiger partial charge in [-0.1, -0.05) is 6.07 Å². The van der Waals surface area contributed by atoms with E-state index in [0.717, 1.165) is 36.4 Å². The topological polar surface area (TPSA) is 54.0 Å². The third-order valence-corrected chi connectivity index (χ3v) is 3.97. The zero-order chi connectivity index (χ0) is 13.9. The number of piperidine rings is 1.